The molecule has 64 valence electrons. The number of hydrogen-bond acceptors (Lipinski definition) is 1. The molecule has 0 atom stereocenters. The number of rotatable bonds is 1. The van der Waals surface area contributed by atoms with Gasteiger partial charge in [0.25, 0.3) is 0 Å². The third kappa shape index (κ3) is 1.06. The van der Waals surface area contributed by atoms with E-state index in [4.69, 9.17) is 4.84 Å². The molecule has 0 aromatic heterocycles. The molecule has 3 fully saturated rings. The van der Waals surface area contributed by atoms with Crippen molar-refractivity contribution in [3.63, 3.8) is 0 Å². The summed E-state index contributed by atoms with van der Waals surface area (Å²) in [5.41, 5.74) is 0. The number of quaternary nitrogens is 2. The molecule has 0 aromatic rings. The van der Waals surface area contributed by atoms with Crippen molar-refractivity contribution in [2.24, 2.45) is 0 Å². The molecule has 0 spiro atoms. The predicted molar refractivity (Wildman–Crippen MR) is 37.8 cm³/mol. The van der Waals surface area contributed by atoms with Crippen LogP contribution in [-0.4, -0.2) is 55.7 Å². The summed E-state index contributed by atoms with van der Waals surface area (Å²) in [5, 5.41) is 0. The van der Waals surface area contributed by atoms with Crippen LogP contribution in [0.2, 0.25) is 0 Å². The first kappa shape index (κ1) is 7.46. The Morgan fingerprint density at radius 1 is 1.00 bits per heavy atom. The zero-order valence-electron chi connectivity index (χ0n) is 6.92. The monoisotopic (exact) mass is 162 g/mol. The molecule has 4 heteroatoms. The maximum absolute atomic E-state index is 13.5. The number of piperazine rings is 3. The molecule has 0 aromatic carbocycles. The van der Waals surface area contributed by atoms with Crippen LogP contribution in [0.1, 0.15) is 0 Å². The Morgan fingerprint density at radius 3 is 1.82 bits per heavy atom. The molecule has 0 aliphatic carbocycles. The van der Waals surface area contributed by atoms with E-state index in [0.29, 0.717) is 24.3 Å². The minimum atomic E-state index is -0.219. The van der Waals surface area contributed by atoms with Crippen LogP contribution in [-0.2, 0) is 4.84 Å². The average molecular weight is 162 g/mol. The van der Waals surface area contributed by atoms with Gasteiger partial charge >= 0.3 is 0 Å². The van der Waals surface area contributed by atoms with Gasteiger partial charge < -0.3 is 0 Å². The minimum absolute atomic E-state index is 0.219. The van der Waals surface area contributed by atoms with Crippen LogP contribution < -0.4 is 0 Å². The summed E-state index contributed by atoms with van der Waals surface area (Å²) in [7, 11) is 1.73. The minimum Gasteiger partial charge on any atom is -0.206 e. The molecular weight excluding hydrogens is 147 g/mol. The second-order valence-corrected chi connectivity index (χ2v) is 3.61. The summed E-state index contributed by atoms with van der Waals surface area (Å²) in [4.78, 5) is 5.37. The Hall–Kier alpha value is -0.190. The summed E-state index contributed by atoms with van der Waals surface area (Å²) in [5.74, 6) is 0. The van der Waals surface area contributed by atoms with Crippen LogP contribution in [0.5, 0.6) is 0 Å². The van der Waals surface area contributed by atoms with Crippen molar-refractivity contribution >= 4 is 0 Å². The third-order valence-electron chi connectivity index (χ3n) is 3.11. The van der Waals surface area contributed by atoms with Crippen molar-refractivity contribution in [3.8, 4) is 0 Å². The standard InChI is InChI=1S/C7H15FN2O/c1-11-10-5-2-9(8,3-6-10)4-7-10/h2-7H2,1H3/q+2. The van der Waals surface area contributed by atoms with E-state index in [1.165, 1.54) is 0 Å². The molecule has 3 aliphatic rings. The highest BCUT2D eigenvalue weighted by atomic mass is 19.2. The fraction of sp³-hybridized carbons (Fsp3) is 1.00. The molecule has 0 radical (unpaired) electrons. The van der Waals surface area contributed by atoms with Gasteiger partial charge in [0.2, 0.25) is 0 Å². The first-order valence-corrected chi connectivity index (χ1v) is 4.16. The molecule has 0 unspecified atom stereocenters. The predicted octanol–water partition coefficient (Wildman–Crippen LogP) is 0.0931. The summed E-state index contributed by atoms with van der Waals surface area (Å²) < 4.78 is 14.0. The Bertz CT molecular complexity index is 149. The number of fused-ring (bicyclic) bond motifs is 3. The fourth-order valence-corrected chi connectivity index (χ4v) is 2.03. The van der Waals surface area contributed by atoms with Gasteiger partial charge in [-0.1, -0.05) is 0 Å². The summed E-state index contributed by atoms with van der Waals surface area (Å²) in [6.07, 6.45) is 0. The second-order valence-electron chi connectivity index (χ2n) is 3.61. The Kier molecular flexibility index (Phi) is 1.46. The van der Waals surface area contributed by atoms with Crippen LogP contribution >= 0.6 is 0 Å². The number of hydroxylamine groups is 3. The Balaban J connectivity index is 2.12. The van der Waals surface area contributed by atoms with Crippen LogP contribution in [0.25, 0.3) is 0 Å². The van der Waals surface area contributed by atoms with Gasteiger partial charge in [0.15, 0.2) is 39.3 Å². The van der Waals surface area contributed by atoms with E-state index in [9.17, 15) is 4.48 Å². The quantitative estimate of drug-likeness (QED) is 0.392. The fourth-order valence-electron chi connectivity index (χ4n) is 2.03. The van der Waals surface area contributed by atoms with Crippen molar-refractivity contribution in [1.82, 2.24) is 0 Å². The van der Waals surface area contributed by atoms with E-state index >= 15 is 0 Å². The lowest BCUT2D eigenvalue weighted by atomic mass is 10.2. The molecule has 3 heterocycles. The lowest BCUT2D eigenvalue weighted by Crippen LogP contribution is -2.71. The van der Waals surface area contributed by atoms with E-state index in [-0.39, 0.29) is 4.71 Å². The number of nitrogens with zero attached hydrogens (tertiary/aromatic N) is 2. The van der Waals surface area contributed by atoms with Crippen molar-refractivity contribution < 1.29 is 18.7 Å². The summed E-state index contributed by atoms with van der Waals surface area (Å²) >= 11 is 0. The molecule has 3 nitrogen and oxygen atoms in total. The normalized spacial score (nSPS) is 49.6. The highest BCUT2D eigenvalue weighted by Gasteiger charge is 2.52. The van der Waals surface area contributed by atoms with Gasteiger partial charge in [0.1, 0.15) is 0 Å². The third-order valence-corrected chi connectivity index (χ3v) is 3.11. The van der Waals surface area contributed by atoms with E-state index < -0.39 is 0 Å². The molecule has 0 amide bonds. The van der Waals surface area contributed by atoms with Crippen LogP contribution in [0.3, 0.4) is 0 Å². The van der Waals surface area contributed by atoms with Gasteiger partial charge in [0, 0.05) is 0 Å². The molecule has 3 rings (SSSR count). The van der Waals surface area contributed by atoms with Gasteiger partial charge in [-0.25, -0.2) is 4.84 Å². The Labute approximate surface area is 66.0 Å². The van der Waals surface area contributed by atoms with Gasteiger partial charge in [-0.15, -0.1) is 4.71 Å². The van der Waals surface area contributed by atoms with E-state index in [2.05, 4.69) is 0 Å². The largest absolute Gasteiger partial charge is 0.206 e. The maximum atomic E-state index is 13.5. The zero-order chi connectivity index (χ0) is 7.95. The van der Waals surface area contributed by atoms with Crippen molar-refractivity contribution in [3.05, 3.63) is 0 Å². The molecule has 2 bridgehead atoms. The van der Waals surface area contributed by atoms with E-state index in [0.717, 1.165) is 19.6 Å². The van der Waals surface area contributed by atoms with E-state index in [1.807, 2.05) is 0 Å². The average Bonchev–Trinajstić information content (AvgIpc) is 2.07. The molecule has 0 saturated carbocycles. The lowest BCUT2D eigenvalue weighted by Gasteiger charge is -2.46. The number of hydrogen-bond donors (Lipinski definition) is 0. The SMILES string of the molecule is CO[N+]12CC[N+](F)(CC1)CC2. The molecule has 0 N–H and O–H groups in total. The highest BCUT2D eigenvalue weighted by molar-refractivity contribution is 4.52. The number of halogens is 1. The Morgan fingerprint density at radius 2 is 1.45 bits per heavy atom. The maximum Gasteiger partial charge on any atom is 0.167 e. The lowest BCUT2D eigenvalue weighted by molar-refractivity contribution is -1.21. The van der Waals surface area contributed by atoms with Crippen molar-refractivity contribution in [2.75, 3.05) is 46.4 Å². The second kappa shape index (κ2) is 2.15. The zero-order valence-corrected chi connectivity index (χ0v) is 6.92. The first-order valence-electron chi connectivity index (χ1n) is 4.16. The summed E-state index contributed by atoms with van der Waals surface area (Å²) in [6.45, 7) is 4.42. The van der Waals surface area contributed by atoms with Crippen LogP contribution in [0.4, 0.5) is 4.48 Å². The van der Waals surface area contributed by atoms with E-state index in [1.54, 1.807) is 7.11 Å². The van der Waals surface area contributed by atoms with Crippen LogP contribution in [0.15, 0.2) is 0 Å². The van der Waals surface area contributed by atoms with Crippen molar-refractivity contribution in [2.45, 2.75) is 0 Å². The van der Waals surface area contributed by atoms with Gasteiger partial charge in [0.05, 0.1) is 7.11 Å². The van der Waals surface area contributed by atoms with Gasteiger partial charge in [-0.05, 0) is 4.48 Å². The highest BCUT2D eigenvalue weighted by Crippen LogP contribution is 2.26. The molecule has 3 saturated heterocycles. The van der Waals surface area contributed by atoms with Crippen molar-refractivity contribution in [1.29, 1.82) is 0 Å². The van der Waals surface area contributed by atoms with Gasteiger partial charge in [-0.2, -0.15) is 4.65 Å². The first-order chi connectivity index (χ1) is 5.18. The molecular formula is C7H15FN2O+2. The smallest absolute Gasteiger partial charge is 0.167 e. The molecule has 3 aliphatic heterocycles. The summed E-state index contributed by atoms with van der Waals surface area (Å²) in [6, 6.07) is 0. The van der Waals surface area contributed by atoms with Crippen LogP contribution in [0, 0.1) is 0 Å². The topological polar surface area (TPSA) is 9.23 Å². The molecule has 11 heavy (non-hydrogen) atoms. The van der Waals surface area contributed by atoms with Gasteiger partial charge in [-0.3, -0.25) is 0 Å².